The van der Waals surface area contributed by atoms with Gasteiger partial charge in [-0.15, -0.1) is 0 Å². The van der Waals surface area contributed by atoms with Crippen molar-refractivity contribution in [2.24, 2.45) is 0 Å². The highest BCUT2D eigenvalue weighted by Gasteiger charge is 2.17. The molecule has 164 valence electrons. The van der Waals surface area contributed by atoms with E-state index < -0.39 is 0 Å². The predicted molar refractivity (Wildman–Crippen MR) is 108 cm³/mol. The van der Waals surface area contributed by atoms with Gasteiger partial charge in [0.25, 0.3) is 0 Å². The Kier molecular flexibility index (Phi) is 15.5. The van der Waals surface area contributed by atoms with Gasteiger partial charge in [0.2, 0.25) is 0 Å². The van der Waals surface area contributed by atoms with Crippen molar-refractivity contribution in [3.8, 4) is 0 Å². The topological polar surface area (TPSA) is 55.4 Å². The van der Waals surface area contributed by atoms with Gasteiger partial charge < -0.3 is 28.4 Å². The second-order valence-electron chi connectivity index (χ2n) is 8.06. The Bertz CT molecular complexity index is 333. The van der Waals surface area contributed by atoms with Gasteiger partial charge in [0.05, 0.1) is 63.6 Å². The summed E-state index contributed by atoms with van der Waals surface area (Å²) < 4.78 is 34.7. The Labute approximate surface area is 167 Å². The number of ether oxygens (including phenoxy) is 6. The maximum atomic E-state index is 5.90. The van der Waals surface area contributed by atoms with Gasteiger partial charge in [0.15, 0.2) is 0 Å². The van der Waals surface area contributed by atoms with Crippen molar-refractivity contribution >= 4 is 0 Å². The smallest absolute Gasteiger partial charge is 0.104 e. The number of hydrogen-bond donors (Lipinski definition) is 0. The van der Waals surface area contributed by atoms with Crippen LogP contribution in [0.4, 0.5) is 0 Å². The van der Waals surface area contributed by atoms with Crippen molar-refractivity contribution in [2.45, 2.75) is 105 Å². The van der Waals surface area contributed by atoms with Crippen LogP contribution >= 0.6 is 0 Å². The van der Waals surface area contributed by atoms with Crippen LogP contribution in [0, 0.1) is 0 Å². The summed E-state index contributed by atoms with van der Waals surface area (Å²) in [6.45, 7) is 20.7. The molecule has 0 aromatic heterocycles. The minimum Gasteiger partial charge on any atom is -0.376 e. The highest BCUT2D eigenvalue weighted by molar-refractivity contribution is 4.62. The summed E-state index contributed by atoms with van der Waals surface area (Å²) in [5.74, 6) is 0. The van der Waals surface area contributed by atoms with E-state index in [0.29, 0.717) is 33.0 Å². The van der Waals surface area contributed by atoms with E-state index >= 15 is 0 Å². The first-order valence-electron chi connectivity index (χ1n) is 10.3. The van der Waals surface area contributed by atoms with Gasteiger partial charge >= 0.3 is 0 Å². The average molecular weight is 393 g/mol. The molecule has 3 atom stereocenters. The van der Waals surface area contributed by atoms with E-state index in [1.807, 2.05) is 62.3 Å². The second-order valence-corrected chi connectivity index (χ2v) is 8.06. The van der Waals surface area contributed by atoms with Crippen LogP contribution in [-0.4, -0.2) is 75.8 Å². The molecular formula is C21H44O6. The first kappa shape index (κ1) is 26.8. The molecule has 0 amide bonds. The molecule has 0 aliphatic rings. The lowest BCUT2D eigenvalue weighted by Crippen LogP contribution is -2.33. The first-order chi connectivity index (χ1) is 12.6. The molecule has 0 radical (unpaired) electrons. The molecule has 0 bridgehead atoms. The van der Waals surface area contributed by atoms with Gasteiger partial charge in [-0.25, -0.2) is 0 Å². The highest BCUT2D eigenvalue weighted by atomic mass is 16.6. The fourth-order valence-electron chi connectivity index (χ4n) is 2.31. The quantitative estimate of drug-likeness (QED) is 0.375. The maximum Gasteiger partial charge on any atom is 0.104 e. The average Bonchev–Trinajstić information content (AvgIpc) is 2.53. The lowest BCUT2D eigenvalue weighted by molar-refractivity contribution is -0.122. The third-order valence-electron chi connectivity index (χ3n) is 3.38. The lowest BCUT2D eigenvalue weighted by Gasteiger charge is -2.24. The molecule has 0 spiro atoms. The Balaban J connectivity index is 4.19. The van der Waals surface area contributed by atoms with Crippen molar-refractivity contribution in [1.29, 1.82) is 0 Å². The Hall–Kier alpha value is -0.240. The molecular weight excluding hydrogens is 348 g/mol. The molecule has 0 saturated heterocycles. The molecule has 0 fully saturated rings. The van der Waals surface area contributed by atoms with Crippen LogP contribution in [0.5, 0.6) is 0 Å². The summed E-state index contributed by atoms with van der Waals surface area (Å²) in [4.78, 5) is 0. The Morgan fingerprint density at radius 3 is 1.26 bits per heavy atom. The van der Waals surface area contributed by atoms with Crippen molar-refractivity contribution in [3.05, 3.63) is 0 Å². The van der Waals surface area contributed by atoms with E-state index in [9.17, 15) is 0 Å². The summed E-state index contributed by atoms with van der Waals surface area (Å²) in [5, 5.41) is 0. The number of rotatable bonds is 17. The largest absolute Gasteiger partial charge is 0.376 e. The molecule has 0 N–H and O–H groups in total. The third-order valence-corrected chi connectivity index (χ3v) is 3.38. The molecule has 0 aliphatic heterocycles. The summed E-state index contributed by atoms with van der Waals surface area (Å²) in [6, 6.07) is 0. The molecule has 0 aromatic rings. The van der Waals surface area contributed by atoms with Gasteiger partial charge in [-0.2, -0.15) is 0 Å². The van der Waals surface area contributed by atoms with Crippen LogP contribution in [0.15, 0.2) is 0 Å². The van der Waals surface area contributed by atoms with E-state index in [1.165, 1.54) is 0 Å². The van der Waals surface area contributed by atoms with E-state index in [4.69, 9.17) is 28.4 Å². The second kappa shape index (κ2) is 15.7. The highest BCUT2D eigenvalue weighted by Crippen LogP contribution is 2.06. The fraction of sp³-hybridized carbons (Fsp3) is 1.00. The van der Waals surface area contributed by atoms with E-state index in [-0.39, 0.29) is 42.7 Å². The molecule has 0 saturated carbocycles. The molecule has 27 heavy (non-hydrogen) atoms. The molecule has 6 nitrogen and oxygen atoms in total. The van der Waals surface area contributed by atoms with Crippen molar-refractivity contribution in [2.75, 3.05) is 33.0 Å². The zero-order valence-electron chi connectivity index (χ0n) is 19.0. The van der Waals surface area contributed by atoms with Crippen molar-refractivity contribution < 1.29 is 28.4 Å². The molecule has 0 rings (SSSR count). The normalized spacial score (nSPS) is 15.9. The van der Waals surface area contributed by atoms with Crippen LogP contribution in [0.3, 0.4) is 0 Å². The Morgan fingerprint density at radius 1 is 0.444 bits per heavy atom. The predicted octanol–water partition coefficient (Wildman–Crippen LogP) is 3.85. The SMILES string of the molecule is CC(C)OCC(COCC(C)OCC(COC(C)C)OC(C)C)OC(C)C. The van der Waals surface area contributed by atoms with Crippen molar-refractivity contribution in [1.82, 2.24) is 0 Å². The summed E-state index contributed by atoms with van der Waals surface area (Å²) in [5.41, 5.74) is 0. The van der Waals surface area contributed by atoms with Crippen LogP contribution in [0.25, 0.3) is 0 Å². The van der Waals surface area contributed by atoms with Crippen LogP contribution in [0.2, 0.25) is 0 Å². The van der Waals surface area contributed by atoms with Gasteiger partial charge in [-0.1, -0.05) is 0 Å². The lowest BCUT2D eigenvalue weighted by atomic mass is 10.3. The molecule has 0 heterocycles. The zero-order valence-corrected chi connectivity index (χ0v) is 19.0. The Morgan fingerprint density at radius 2 is 0.852 bits per heavy atom. The van der Waals surface area contributed by atoms with E-state index in [2.05, 4.69) is 0 Å². The summed E-state index contributed by atoms with van der Waals surface area (Å²) in [6.07, 6.45) is 0.440. The molecule has 3 unspecified atom stereocenters. The fourth-order valence-corrected chi connectivity index (χ4v) is 2.31. The molecule has 0 aliphatic carbocycles. The summed E-state index contributed by atoms with van der Waals surface area (Å²) >= 11 is 0. The molecule has 0 aromatic carbocycles. The zero-order chi connectivity index (χ0) is 20.8. The van der Waals surface area contributed by atoms with E-state index in [0.717, 1.165) is 0 Å². The molecule has 6 heteroatoms. The standard InChI is InChI=1S/C21H44O6/c1-15(2)23-12-20(26-17(5)6)11-22-10-19(9)25-14-21(27-18(7)8)13-24-16(3)4/h15-21H,10-14H2,1-9H3. The van der Waals surface area contributed by atoms with Gasteiger partial charge in [0.1, 0.15) is 12.2 Å². The van der Waals surface area contributed by atoms with Crippen LogP contribution < -0.4 is 0 Å². The van der Waals surface area contributed by atoms with Crippen LogP contribution in [0.1, 0.15) is 62.3 Å². The maximum absolute atomic E-state index is 5.90. The summed E-state index contributed by atoms with van der Waals surface area (Å²) in [7, 11) is 0. The third kappa shape index (κ3) is 17.6. The van der Waals surface area contributed by atoms with Crippen LogP contribution in [-0.2, 0) is 28.4 Å². The van der Waals surface area contributed by atoms with Gasteiger partial charge in [0, 0.05) is 0 Å². The number of hydrogen-bond acceptors (Lipinski definition) is 6. The van der Waals surface area contributed by atoms with Gasteiger partial charge in [-0.05, 0) is 62.3 Å². The minimum absolute atomic E-state index is 0.0342. The monoisotopic (exact) mass is 392 g/mol. The first-order valence-corrected chi connectivity index (χ1v) is 10.3. The van der Waals surface area contributed by atoms with Crippen molar-refractivity contribution in [3.63, 3.8) is 0 Å². The minimum atomic E-state index is -0.0775. The van der Waals surface area contributed by atoms with E-state index in [1.54, 1.807) is 0 Å². The van der Waals surface area contributed by atoms with Gasteiger partial charge in [-0.3, -0.25) is 0 Å².